The van der Waals surface area contributed by atoms with Crippen molar-refractivity contribution in [2.45, 2.75) is 35.6 Å². The summed E-state index contributed by atoms with van der Waals surface area (Å²) in [7, 11) is 0. The van der Waals surface area contributed by atoms with E-state index < -0.39 is 22.1 Å². The lowest BCUT2D eigenvalue weighted by molar-refractivity contribution is -0.117. The Bertz CT molecular complexity index is 1160. The summed E-state index contributed by atoms with van der Waals surface area (Å²) in [5.41, 5.74) is 1.33. The summed E-state index contributed by atoms with van der Waals surface area (Å²) in [5.74, 6) is -1.97. The number of rotatable bonds is 5. The average Bonchev–Trinajstić information content (AvgIpc) is 3.10. The minimum absolute atomic E-state index is 0.0511. The van der Waals surface area contributed by atoms with Crippen LogP contribution >= 0.6 is 58.0 Å². The van der Waals surface area contributed by atoms with Crippen molar-refractivity contribution in [1.29, 1.82) is 5.26 Å². The van der Waals surface area contributed by atoms with Crippen LogP contribution in [0, 0.1) is 23.2 Å². The van der Waals surface area contributed by atoms with E-state index in [0.717, 1.165) is 12.8 Å². The quantitative estimate of drug-likeness (QED) is 0.416. The molecule has 5 nitrogen and oxygen atoms in total. The number of benzene rings is 2. The highest BCUT2D eigenvalue weighted by molar-refractivity contribution is 6.53. The number of nitriles is 1. The zero-order valence-electron chi connectivity index (χ0n) is 17.0. The van der Waals surface area contributed by atoms with E-state index in [1.54, 1.807) is 24.3 Å². The maximum Gasteiger partial charge on any atom is 0.253 e. The minimum atomic E-state index is -1.30. The smallest absolute Gasteiger partial charge is 0.253 e. The number of alkyl halides is 2. The zero-order chi connectivity index (χ0) is 23.9. The van der Waals surface area contributed by atoms with Crippen LogP contribution in [-0.4, -0.2) is 22.2 Å². The van der Waals surface area contributed by atoms with Crippen molar-refractivity contribution in [2.24, 2.45) is 11.8 Å². The normalized spacial score (nSPS) is 25.2. The molecule has 0 spiro atoms. The van der Waals surface area contributed by atoms with Gasteiger partial charge in [-0.05, 0) is 55.2 Å². The SMILES string of the molecule is N#CC1CCC(NC(=O)c2cc(NC(=O)[C@H]3[C@H](c4ccc(Cl)c(Cl)c4)C3(Cl)Cl)ccc2Cl)C1. The van der Waals surface area contributed by atoms with E-state index in [9.17, 15) is 9.59 Å². The van der Waals surface area contributed by atoms with Gasteiger partial charge in [-0.3, -0.25) is 9.59 Å². The van der Waals surface area contributed by atoms with Crippen LogP contribution in [0.2, 0.25) is 15.1 Å². The van der Waals surface area contributed by atoms with Crippen LogP contribution in [0.1, 0.15) is 41.1 Å². The van der Waals surface area contributed by atoms with Gasteiger partial charge in [0.05, 0.1) is 32.6 Å². The zero-order valence-corrected chi connectivity index (χ0v) is 20.8. The summed E-state index contributed by atoms with van der Waals surface area (Å²) >= 11 is 31.1. The number of nitrogens with one attached hydrogen (secondary N) is 2. The molecule has 2 amide bonds. The molecular formula is C23H18Cl5N3O2. The van der Waals surface area contributed by atoms with Crippen LogP contribution in [0.4, 0.5) is 5.69 Å². The van der Waals surface area contributed by atoms with Gasteiger partial charge in [-0.15, -0.1) is 23.2 Å². The van der Waals surface area contributed by atoms with Gasteiger partial charge in [0.1, 0.15) is 4.33 Å². The van der Waals surface area contributed by atoms with E-state index >= 15 is 0 Å². The van der Waals surface area contributed by atoms with Gasteiger partial charge in [-0.2, -0.15) is 5.26 Å². The summed E-state index contributed by atoms with van der Waals surface area (Å²) < 4.78 is -1.30. The van der Waals surface area contributed by atoms with Gasteiger partial charge in [0.2, 0.25) is 5.91 Å². The Hall–Kier alpha value is -1.68. The van der Waals surface area contributed by atoms with Crippen molar-refractivity contribution in [2.75, 3.05) is 5.32 Å². The van der Waals surface area contributed by atoms with Crippen LogP contribution in [0.5, 0.6) is 0 Å². The molecule has 2 fully saturated rings. The summed E-state index contributed by atoms with van der Waals surface area (Å²) in [5, 5.41) is 15.7. The monoisotopic (exact) mass is 543 g/mol. The van der Waals surface area contributed by atoms with Gasteiger partial charge in [0.25, 0.3) is 5.91 Å². The van der Waals surface area contributed by atoms with Crippen LogP contribution in [0.15, 0.2) is 36.4 Å². The molecule has 2 aromatic rings. The molecule has 10 heteroatoms. The predicted molar refractivity (Wildman–Crippen MR) is 131 cm³/mol. The highest BCUT2D eigenvalue weighted by Crippen LogP contribution is 2.65. The van der Waals surface area contributed by atoms with Crippen molar-refractivity contribution in [3.63, 3.8) is 0 Å². The summed E-state index contributed by atoms with van der Waals surface area (Å²) in [4.78, 5) is 25.7. The molecule has 0 aliphatic heterocycles. The topological polar surface area (TPSA) is 82.0 Å². The highest BCUT2D eigenvalue weighted by Gasteiger charge is 2.67. The number of anilines is 1. The van der Waals surface area contributed by atoms with E-state index in [2.05, 4.69) is 16.7 Å². The Morgan fingerprint density at radius 2 is 1.73 bits per heavy atom. The second kappa shape index (κ2) is 9.52. The van der Waals surface area contributed by atoms with E-state index in [0.29, 0.717) is 27.7 Å². The van der Waals surface area contributed by atoms with Crippen molar-refractivity contribution in [3.05, 3.63) is 62.6 Å². The largest absolute Gasteiger partial charge is 0.349 e. The molecule has 0 heterocycles. The number of nitrogens with zero attached hydrogens (tertiary/aromatic N) is 1. The molecule has 0 bridgehead atoms. The summed E-state index contributed by atoms with van der Waals surface area (Å²) in [6.45, 7) is 0. The first-order valence-electron chi connectivity index (χ1n) is 10.3. The van der Waals surface area contributed by atoms with E-state index in [1.165, 1.54) is 12.1 Å². The third-order valence-corrected chi connectivity index (χ3v) is 8.08. The van der Waals surface area contributed by atoms with E-state index in [-0.39, 0.29) is 28.5 Å². The summed E-state index contributed by atoms with van der Waals surface area (Å²) in [6.07, 6.45) is 2.11. The first kappa shape index (κ1) is 24.4. The molecular weight excluding hydrogens is 528 g/mol. The third kappa shape index (κ3) is 5.06. The van der Waals surface area contributed by atoms with Crippen molar-refractivity contribution >= 4 is 75.5 Å². The molecule has 4 rings (SSSR count). The molecule has 172 valence electrons. The number of hydrogen-bond acceptors (Lipinski definition) is 3. The fraction of sp³-hybridized carbons (Fsp3) is 0.348. The lowest BCUT2D eigenvalue weighted by Crippen LogP contribution is -2.33. The number of amides is 2. The number of halogens is 5. The van der Waals surface area contributed by atoms with Gasteiger partial charge < -0.3 is 10.6 Å². The number of hydrogen-bond donors (Lipinski definition) is 2. The second-order valence-corrected chi connectivity index (χ2v) is 11.0. The fourth-order valence-electron chi connectivity index (χ4n) is 4.26. The summed E-state index contributed by atoms with van der Waals surface area (Å²) in [6, 6.07) is 11.8. The number of carbonyl (C=O) groups excluding carboxylic acids is 2. The van der Waals surface area contributed by atoms with E-state index in [4.69, 9.17) is 63.3 Å². The molecule has 2 unspecified atom stereocenters. The molecule has 4 atom stereocenters. The molecule has 0 aromatic heterocycles. The van der Waals surface area contributed by atoms with Crippen LogP contribution < -0.4 is 10.6 Å². The van der Waals surface area contributed by atoms with Gasteiger partial charge in [0.15, 0.2) is 0 Å². The lowest BCUT2D eigenvalue weighted by Gasteiger charge is -2.14. The highest BCUT2D eigenvalue weighted by atomic mass is 35.5. The van der Waals surface area contributed by atoms with Gasteiger partial charge in [0, 0.05) is 23.6 Å². The number of carbonyl (C=O) groups is 2. The average molecular weight is 546 g/mol. The third-order valence-electron chi connectivity index (χ3n) is 6.07. The Morgan fingerprint density at radius 3 is 2.39 bits per heavy atom. The van der Waals surface area contributed by atoms with Crippen molar-refractivity contribution < 1.29 is 9.59 Å². The molecule has 2 aliphatic rings. The predicted octanol–water partition coefficient (Wildman–Crippen LogP) is 6.59. The maximum atomic E-state index is 12.9. The minimum Gasteiger partial charge on any atom is -0.349 e. The second-order valence-electron chi connectivity index (χ2n) is 8.30. The fourth-order valence-corrected chi connectivity index (χ4v) is 5.60. The van der Waals surface area contributed by atoms with Crippen molar-refractivity contribution in [1.82, 2.24) is 5.32 Å². The van der Waals surface area contributed by atoms with Gasteiger partial charge >= 0.3 is 0 Å². The first-order chi connectivity index (χ1) is 15.6. The Kier molecular flexibility index (Phi) is 7.05. The van der Waals surface area contributed by atoms with Crippen LogP contribution in [-0.2, 0) is 4.79 Å². The van der Waals surface area contributed by atoms with E-state index in [1.807, 2.05) is 0 Å². The first-order valence-corrected chi connectivity index (χ1v) is 12.1. The molecule has 2 aliphatic carbocycles. The van der Waals surface area contributed by atoms with Crippen LogP contribution in [0.25, 0.3) is 0 Å². The molecule has 2 aromatic carbocycles. The standard InChI is InChI=1S/C23H18Cl5N3O2/c24-16-6-4-14(9-15(16)21(32)30-13-3-1-11(7-13)10-29)31-22(33)20-19(23(20,27)28)12-2-5-17(25)18(26)8-12/h2,4-6,8-9,11,13,19-20H,1,3,7H2,(H,30,32)(H,31,33)/t11?,13?,19-,20+/m0/s1. The van der Waals surface area contributed by atoms with Gasteiger partial charge in [-0.1, -0.05) is 40.9 Å². The van der Waals surface area contributed by atoms with Crippen molar-refractivity contribution in [3.8, 4) is 6.07 Å². The Balaban J connectivity index is 1.46. The molecule has 0 radical (unpaired) electrons. The molecule has 33 heavy (non-hydrogen) atoms. The maximum absolute atomic E-state index is 12.9. The Morgan fingerprint density at radius 1 is 1.00 bits per heavy atom. The molecule has 2 saturated carbocycles. The van der Waals surface area contributed by atoms with Crippen LogP contribution in [0.3, 0.4) is 0 Å². The Labute approximate surface area is 216 Å². The molecule has 0 saturated heterocycles. The van der Waals surface area contributed by atoms with Gasteiger partial charge in [-0.25, -0.2) is 0 Å². The molecule has 2 N–H and O–H groups in total. The lowest BCUT2D eigenvalue weighted by atomic mass is 10.1.